The van der Waals surface area contributed by atoms with Crippen LogP contribution in [-0.2, 0) is 0 Å². The summed E-state index contributed by atoms with van der Waals surface area (Å²) in [5.74, 6) is 0. The lowest BCUT2D eigenvalue weighted by molar-refractivity contribution is 1.30. The predicted octanol–water partition coefficient (Wildman–Crippen LogP) is 18.9. The number of hydrogen-bond donors (Lipinski definition) is 0. The van der Waals surface area contributed by atoms with E-state index in [0.717, 1.165) is 11.4 Å². The Labute approximate surface area is 385 Å². The number of fused-ring (bicyclic) bond motifs is 8. The summed E-state index contributed by atoms with van der Waals surface area (Å²) in [6, 6.07) is 87.4. The first-order chi connectivity index (χ1) is 32.2. The van der Waals surface area contributed by atoms with E-state index in [1.165, 1.54) is 112 Å². The van der Waals surface area contributed by atoms with Gasteiger partial charge in [0.15, 0.2) is 0 Å². The molecule has 2 aromatic heterocycles. The molecule has 0 fully saturated rings. The minimum atomic E-state index is 1.10. The molecule has 0 radical (unpaired) electrons. The summed E-state index contributed by atoms with van der Waals surface area (Å²) in [5.41, 5.74) is 13.1. The maximum absolute atomic E-state index is 2.52. The number of benzene rings is 11. The summed E-state index contributed by atoms with van der Waals surface area (Å²) in [7, 11) is 0. The second-order valence-electron chi connectivity index (χ2n) is 16.8. The van der Waals surface area contributed by atoms with Crippen molar-refractivity contribution in [3.63, 3.8) is 0 Å². The monoisotopic (exact) mass is 861 g/mol. The predicted molar refractivity (Wildman–Crippen MR) is 284 cm³/mol. The van der Waals surface area contributed by atoms with Gasteiger partial charge >= 0.3 is 0 Å². The zero-order valence-electron chi connectivity index (χ0n) is 35.3. The van der Waals surface area contributed by atoms with Gasteiger partial charge in [0.1, 0.15) is 0 Å². The zero-order valence-corrected chi connectivity index (χ0v) is 36.9. The fraction of sp³-hybridized carbons (Fsp3) is 0. The fourth-order valence-corrected chi connectivity index (χ4v) is 12.4. The van der Waals surface area contributed by atoms with Crippen LogP contribution in [0.5, 0.6) is 0 Å². The smallest absolute Gasteiger partial charge is 0.0719 e. The maximum Gasteiger partial charge on any atom is 0.0719 e. The second-order valence-corrected chi connectivity index (χ2v) is 18.9. The molecule has 0 saturated heterocycles. The molecule has 0 atom stereocenters. The Kier molecular flexibility index (Phi) is 8.97. The first-order valence-corrected chi connectivity index (χ1v) is 23.8. The van der Waals surface area contributed by atoms with Crippen molar-refractivity contribution in [1.29, 1.82) is 0 Å². The van der Waals surface area contributed by atoms with Gasteiger partial charge in [0.05, 0.1) is 10.4 Å². The second kappa shape index (κ2) is 15.5. The van der Waals surface area contributed by atoms with Gasteiger partial charge in [-0.25, -0.2) is 0 Å². The molecule has 304 valence electrons. The van der Waals surface area contributed by atoms with Gasteiger partial charge in [-0.15, -0.1) is 22.7 Å². The van der Waals surface area contributed by atoms with Gasteiger partial charge in [0.2, 0.25) is 0 Å². The highest BCUT2D eigenvalue weighted by atomic mass is 32.1. The molecule has 0 amide bonds. The molecule has 0 spiro atoms. The quantitative estimate of drug-likeness (QED) is 0.154. The molecule has 65 heavy (non-hydrogen) atoms. The molecule has 0 bridgehead atoms. The molecule has 13 rings (SSSR count). The van der Waals surface area contributed by atoms with Crippen LogP contribution < -0.4 is 4.90 Å². The van der Waals surface area contributed by atoms with Crippen molar-refractivity contribution >= 4 is 102 Å². The summed E-state index contributed by atoms with van der Waals surface area (Å²) >= 11 is 3.77. The lowest BCUT2D eigenvalue weighted by Crippen LogP contribution is -2.12. The number of rotatable bonds is 7. The van der Waals surface area contributed by atoms with E-state index in [1.807, 2.05) is 22.7 Å². The van der Waals surface area contributed by atoms with Gasteiger partial charge in [-0.1, -0.05) is 182 Å². The molecule has 0 aliphatic carbocycles. The minimum Gasteiger partial charge on any atom is -0.308 e. The highest BCUT2D eigenvalue weighted by Crippen LogP contribution is 2.53. The molecule has 0 saturated carbocycles. The molecule has 13 aromatic rings. The zero-order chi connectivity index (χ0) is 42.8. The molecule has 11 aromatic carbocycles. The van der Waals surface area contributed by atoms with Crippen LogP contribution in [0.2, 0.25) is 0 Å². The lowest BCUT2D eigenvalue weighted by Gasteiger charge is -2.30. The maximum atomic E-state index is 2.52. The molecule has 0 aliphatic rings. The van der Waals surface area contributed by atoms with Gasteiger partial charge in [0.25, 0.3) is 0 Å². The van der Waals surface area contributed by atoms with Crippen LogP contribution in [0, 0.1) is 0 Å². The minimum absolute atomic E-state index is 1.10. The van der Waals surface area contributed by atoms with Crippen molar-refractivity contribution in [2.75, 3.05) is 4.90 Å². The summed E-state index contributed by atoms with van der Waals surface area (Å²) in [5, 5.41) is 10.1. The van der Waals surface area contributed by atoms with Crippen LogP contribution >= 0.6 is 22.7 Å². The topological polar surface area (TPSA) is 3.24 Å². The van der Waals surface area contributed by atoms with E-state index in [2.05, 4.69) is 241 Å². The summed E-state index contributed by atoms with van der Waals surface area (Å²) in [4.78, 5) is 2.52. The van der Waals surface area contributed by atoms with Gasteiger partial charge in [0, 0.05) is 52.6 Å². The van der Waals surface area contributed by atoms with Gasteiger partial charge < -0.3 is 4.90 Å². The molecule has 3 heteroatoms. The number of nitrogens with zero attached hydrogens (tertiary/aromatic N) is 1. The fourth-order valence-electron chi connectivity index (χ4n) is 9.87. The number of anilines is 3. The van der Waals surface area contributed by atoms with E-state index in [-0.39, 0.29) is 0 Å². The van der Waals surface area contributed by atoms with E-state index >= 15 is 0 Å². The third-order valence-corrected chi connectivity index (χ3v) is 15.4. The van der Waals surface area contributed by atoms with Crippen LogP contribution in [0.25, 0.3) is 106 Å². The van der Waals surface area contributed by atoms with Gasteiger partial charge in [-0.3, -0.25) is 0 Å². The van der Waals surface area contributed by atoms with E-state index in [0.29, 0.717) is 0 Å². The van der Waals surface area contributed by atoms with Crippen LogP contribution in [0.1, 0.15) is 0 Å². The first-order valence-electron chi connectivity index (χ1n) is 22.1. The highest BCUT2D eigenvalue weighted by molar-refractivity contribution is 7.27. The van der Waals surface area contributed by atoms with Crippen LogP contribution in [0.15, 0.2) is 237 Å². The Bertz CT molecular complexity index is 3930. The average molecular weight is 862 g/mol. The third kappa shape index (κ3) is 6.43. The Morgan fingerprint density at radius 1 is 0.277 bits per heavy atom. The molecular formula is C62H39NS2. The number of thiophene rings is 2. The number of hydrogen-bond acceptors (Lipinski definition) is 3. The standard InChI is InChI=1S/C62H39NS2/c1-2-15-43(16-3-1)55-39-56(48-28-26-41-14-5-7-18-46(41)38-48)60(62-59(55)54-20-9-11-24-58(54)65-62)63(49-33-29-42(30-34-49)47-27-25-40-13-4-6-17-45(40)37-47)50-35-31-44(32-36-50)51-21-12-22-53-52-19-8-10-23-57(52)64-61(51)53/h1-39H. The Morgan fingerprint density at radius 3 is 1.49 bits per heavy atom. The Morgan fingerprint density at radius 2 is 0.785 bits per heavy atom. The molecular weight excluding hydrogens is 823 g/mol. The molecule has 0 aliphatic heterocycles. The van der Waals surface area contributed by atoms with E-state index in [9.17, 15) is 0 Å². The molecule has 1 nitrogen and oxygen atoms in total. The Balaban J connectivity index is 1.07. The molecule has 0 N–H and O–H groups in total. The SMILES string of the molecule is c1ccc(-c2cc(-c3ccc4ccccc4c3)c(N(c3ccc(-c4ccc5ccccc5c4)cc3)c3ccc(-c4cccc5c4sc4ccccc45)cc3)c3sc4ccccc4c23)cc1. The highest BCUT2D eigenvalue weighted by Gasteiger charge is 2.26. The van der Waals surface area contributed by atoms with Crippen molar-refractivity contribution in [3.05, 3.63) is 237 Å². The third-order valence-electron chi connectivity index (χ3n) is 13.0. The van der Waals surface area contributed by atoms with Gasteiger partial charge in [-0.05, 0) is 115 Å². The van der Waals surface area contributed by atoms with Crippen molar-refractivity contribution in [3.8, 4) is 44.5 Å². The van der Waals surface area contributed by atoms with Crippen LogP contribution in [-0.4, -0.2) is 0 Å². The average Bonchev–Trinajstić information content (AvgIpc) is 3.96. The molecule has 0 unspecified atom stereocenters. The summed E-state index contributed by atoms with van der Waals surface area (Å²) in [6.07, 6.45) is 0. The van der Waals surface area contributed by atoms with E-state index in [4.69, 9.17) is 0 Å². The van der Waals surface area contributed by atoms with E-state index < -0.39 is 0 Å². The van der Waals surface area contributed by atoms with Crippen LogP contribution in [0.4, 0.5) is 17.1 Å². The lowest BCUT2D eigenvalue weighted by atomic mass is 9.91. The largest absolute Gasteiger partial charge is 0.308 e. The molecule has 2 heterocycles. The van der Waals surface area contributed by atoms with Crippen molar-refractivity contribution in [2.24, 2.45) is 0 Å². The van der Waals surface area contributed by atoms with Crippen molar-refractivity contribution in [1.82, 2.24) is 0 Å². The van der Waals surface area contributed by atoms with E-state index in [1.54, 1.807) is 0 Å². The normalized spacial score (nSPS) is 11.7. The summed E-state index contributed by atoms with van der Waals surface area (Å²) < 4.78 is 5.17. The van der Waals surface area contributed by atoms with Gasteiger partial charge in [-0.2, -0.15) is 0 Å². The van der Waals surface area contributed by atoms with Crippen molar-refractivity contribution in [2.45, 2.75) is 0 Å². The van der Waals surface area contributed by atoms with Crippen molar-refractivity contribution < 1.29 is 0 Å². The summed E-state index contributed by atoms with van der Waals surface area (Å²) in [6.45, 7) is 0. The first kappa shape index (κ1) is 37.7. The Hall–Kier alpha value is -7.82. The van der Waals surface area contributed by atoms with Crippen LogP contribution in [0.3, 0.4) is 0 Å².